The van der Waals surface area contributed by atoms with Crippen molar-refractivity contribution in [3.8, 4) is 16.2 Å². The molecule has 0 aliphatic heterocycles. The summed E-state index contributed by atoms with van der Waals surface area (Å²) in [5, 5.41) is 12.4. The molecule has 2 N–H and O–H groups in total. The van der Waals surface area contributed by atoms with Gasteiger partial charge >= 0.3 is 0 Å². The normalized spacial score (nSPS) is 13.3. The van der Waals surface area contributed by atoms with Crippen LogP contribution in [0.25, 0.3) is 10.4 Å². The highest BCUT2D eigenvalue weighted by molar-refractivity contribution is 7.17. The first kappa shape index (κ1) is 18.4. The molecule has 0 spiro atoms. The molecule has 1 saturated carbocycles. The summed E-state index contributed by atoms with van der Waals surface area (Å²) in [5.41, 5.74) is 3.20. The zero-order chi connectivity index (χ0) is 19.7. The van der Waals surface area contributed by atoms with Crippen molar-refractivity contribution >= 4 is 28.7 Å². The average molecular weight is 391 g/mol. The highest BCUT2D eigenvalue weighted by atomic mass is 32.1. The summed E-state index contributed by atoms with van der Waals surface area (Å²) in [5.74, 6) is 0.704. The number of hydrogen-bond donors (Lipinski definition) is 2. The van der Waals surface area contributed by atoms with Gasteiger partial charge in [0.2, 0.25) is 0 Å². The van der Waals surface area contributed by atoms with Gasteiger partial charge in [0.15, 0.2) is 5.78 Å². The molecule has 28 heavy (non-hydrogen) atoms. The highest BCUT2D eigenvalue weighted by Crippen LogP contribution is 2.34. The quantitative estimate of drug-likeness (QED) is 0.533. The standard InChI is InChI=1S/C23H21NO3S/c1-14-2-5-17(20(26)12-15-3-4-15)13-19(14)24-23(27)22-11-10-21(28-22)16-6-8-18(25)9-7-16/h2,5-11,13,15,25H,3-4,12H2,1H3,(H,24,27). The number of phenols is 1. The number of thiophene rings is 1. The predicted octanol–water partition coefficient (Wildman–Crippen LogP) is 5.66. The number of rotatable bonds is 6. The number of hydrogen-bond acceptors (Lipinski definition) is 4. The lowest BCUT2D eigenvalue weighted by molar-refractivity contribution is 0.0974. The predicted molar refractivity (Wildman–Crippen MR) is 112 cm³/mol. The van der Waals surface area contributed by atoms with Crippen molar-refractivity contribution in [1.82, 2.24) is 0 Å². The molecule has 0 bridgehead atoms. The van der Waals surface area contributed by atoms with Gasteiger partial charge in [0, 0.05) is 22.5 Å². The Labute approximate surface area is 167 Å². The lowest BCUT2D eigenvalue weighted by Crippen LogP contribution is -2.12. The van der Waals surface area contributed by atoms with Gasteiger partial charge in [0.05, 0.1) is 4.88 Å². The van der Waals surface area contributed by atoms with Gasteiger partial charge in [-0.05, 0) is 79.3 Å². The fraction of sp³-hybridized carbons (Fsp3) is 0.217. The SMILES string of the molecule is Cc1ccc(C(=O)CC2CC2)cc1NC(=O)c1ccc(-c2ccc(O)cc2)s1. The van der Waals surface area contributed by atoms with Crippen LogP contribution in [0.3, 0.4) is 0 Å². The molecule has 1 aliphatic rings. The molecule has 2 aromatic carbocycles. The zero-order valence-electron chi connectivity index (χ0n) is 15.6. The van der Waals surface area contributed by atoms with E-state index < -0.39 is 0 Å². The number of phenolic OH excluding ortho intramolecular Hbond substituents is 1. The van der Waals surface area contributed by atoms with Crippen LogP contribution < -0.4 is 5.32 Å². The Morgan fingerprint density at radius 3 is 2.54 bits per heavy atom. The Hall–Kier alpha value is -2.92. The lowest BCUT2D eigenvalue weighted by Gasteiger charge is -2.10. The van der Waals surface area contributed by atoms with Gasteiger partial charge < -0.3 is 10.4 Å². The number of aryl methyl sites for hydroxylation is 1. The van der Waals surface area contributed by atoms with Gasteiger partial charge in [-0.25, -0.2) is 0 Å². The molecular weight excluding hydrogens is 370 g/mol. The maximum Gasteiger partial charge on any atom is 0.265 e. The van der Waals surface area contributed by atoms with Crippen LogP contribution >= 0.6 is 11.3 Å². The molecule has 1 aliphatic carbocycles. The van der Waals surface area contributed by atoms with Crippen LogP contribution in [0.4, 0.5) is 5.69 Å². The van der Waals surface area contributed by atoms with Gasteiger partial charge in [-0.15, -0.1) is 11.3 Å². The first-order valence-electron chi connectivity index (χ1n) is 9.34. The largest absolute Gasteiger partial charge is 0.508 e. The monoisotopic (exact) mass is 391 g/mol. The topological polar surface area (TPSA) is 66.4 Å². The number of ketones is 1. The van der Waals surface area contributed by atoms with Gasteiger partial charge in [-0.1, -0.05) is 12.1 Å². The number of amides is 1. The van der Waals surface area contributed by atoms with Gasteiger partial charge in [0.1, 0.15) is 5.75 Å². The summed E-state index contributed by atoms with van der Waals surface area (Å²) in [7, 11) is 0. The van der Waals surface area contributed by atoms with Gasteiger partial charge in [0.25, 0.3) is 5.91 Å². The first-order chi connectivity index (χ1) is 13.5. The van der Waals surface area contributed by atoms with Crippen LogP contribution in [0.5, 0.6) is 5.75 Å². The van der Waals surface area contributed by atoms with Crippen LogP contribution in [-0.4, -0.2) is 16.8 Å². The number of anilines is 1. The van der Waals surface area contributed by atoms with Crippen molar-refractivity contribution in [3.05, 3.63) is 70.6 Å². The van der Waals surface area contributed by atoms with Crippen molar-refractivity contribution in [2.24, 2.45) is 5.92 Å². The lowest BCUT2D eigenvalue weighted by atomic mass is 10.0. The molecule has 1 amide bonds. The smallest absolute Gasteiger partial charge is 0.265 e. The minimum atomic E-state index is -0.190. The van der Waals surface area contributed by atoms with E-state index in [9.17, 15) is 14.7 Å². The summed E-state index contributed by atoms with van der Waals surface area (Å²) >= 11 is 1.39. The Kier molecular flexibility index (Phi) is 5.01. The van der Waals surface area contributed by atoms with Gasteiger partial charge in [-0.3, -0.25) is 9.59 Å². The van der Waals surface area contributed by atoms with Crippen LogP contribution in [0.2, 0.25) is 0 Å². The second-order valence-corrected chi connectivity index (χ2v) is 8.35. The molecule has 0 atom stereocenters. The third-order valence-electron chi connectivity index (χ3n) is 4.96. The molecule has 0 radical (unpaired) electrons. The van der Waals surface area contributed by atoms with Crippen molar-refractivity contribution in [1.29, 1.82) is 0 Å². The molecule has 4 nitrogen and oxygen atoms in total. The van der Waals surface area contributed by atoms with Crippen molar-refractivity contribution < 1.29 is 14.7 Å². The number of carbonyl (C=O) groups is 2. The van der Waals surface area contributed by atoms with Crippen LogP contribution in [-0.2, 0) is 0 Å². The number of aromatic hydroxyl groups is 1. The zero-order valence-corrected chi connectivity index (χ0v) is 16.4. The summed E-state index contributed by atoms with van der Waals surface area (Å²) in [6.45, 7) is 1.92. The Morgan fingerprint density at radius 1 is 1.07 bits per heavy atom. The maximum atomic E-state index is 12.7. The van der Waals surface area contributed by atoms with Crippen LogP contribution in [0.15, 0.2) is 54.6 Å². The Balaban J connectivity index is 1.50. The molecule has 5 heteroatoms. The van der Waals surface area contributed by atoms with Gasteiger partial charge in [-0.2, -0.15) is 0 Å². The molecule has 0 saturated heterocycles. The third kappa shape index (κ3) is 4.15. The van der Waals surface area contributed by atoms with E-state index >= 15 is 0 Å². The summed E-state index contributed by atoms with van der Waals surface area (Å²) in [4.78, 5) is 26.6. The summed E-state index contributed by atoms with van der Waals surface area (Å²) in [6, 6.07) is 16.1. The third-order valence-corrected chi connectivity index (χ3v) is 6.09. The van der Waals surface area contributed by atoms with Crippen molar-refractivity contribution in [3.63, 3.8) is 0 Å². The molecule has 142 valence electrons. The Morgan fingerprint density at radius 2 is 1.82 bits per heavy atom. The van der Waals surface area contributed by atoms with E-state index in [1.807, 2.05) is 37.3 Å². The molecule has 1 heterocycles. The van der Waals surface area contributed by atoms with E-state index in [0.29, 0.717) is 28.5 Å². The van der Waals surface area contributed by atoms with Crippen molar-refractivity contribution in [2.75, 3.05) is 5.32 Å². The highest BCUT2D eigenvalue weighted by Gasteiger charge is 2.25. The van der Waals surface area contributed by atoms with E-state index in [1.54, 1.807) is 24.3 Å². The fourth-order valence-corrected chi connectivity index (χ4v) is 3.96. The van der Waals surface area contributed by atoms with E-state index in [0.717, 1.165) is 28.8 Å². The number of carbonyl (C=O) groups excluding carboxylic acids is 2. The van der Waals surface area contributed by atoms with E-state index in [4.69, 9.17) is 0 Å². The Bertz CT molecular complexity index is 1030. The molecule has 0 unspecified atom stereocenters. The molecular formula is C23H21NO3S. The fourth-order valence-electron chi connectivity index (χ4n) is 3.06. The van der Waals surface area contributed by atoms with Crippen LogP contribution in [0.1, 0.15) is 44.9 Å². The molecule has 3 aromatic rings. The molecule has 4 rings (SSSR count). The number of benzene rings is 2. The second kappa shape index (κ2) is 7.60. The maximum absolute atomic E-state index is 12.7. The molecule has 1 fully saturated rings. The van der Waals surface area contributed by atoms with E-state index in [2.05, 4.69) is 5.32 Å². The number of nitrogens with one attached hydrogen (secondary N) is 1. The minimum Gasteiger partial charge on any atom is -0.508 e. The van der Waals surface area contributed by atoms with E-state index in [-0.39, 0.29) is 17.4 Å². The average Bonchev–Trinajstić information content (AvgIpc) is 3.35. The summed E-state index contributed by atoms with van der Waals surface area (Å²) in [6.07, 6.45) is 2.88. The summed E-state index contributed by atoms with van der Waals surface area (Å²) < 4.78 is 0. The van der Waals surface area contributed by atoms with Crippen molar-refractivity contribution in [2.45, 2.75) is 26.2 Å². The molecule has 1 aromatic heterocycles. The van der Waals surface area contributed by atoms with Crippen LogP contribution in [0, 0.1) is 12.8 Å². The van der Waals surface area contributed by atoms with E-state index in [1.165, 1.54) is 11.3 Å². The number of Topliss-reactive ketones (excluding diaryl/α,β-unsaturated/α-hetero) is 1. The first-order valence-corrected chi connectivity index (χ1v) is 10.2. The minimum absolute atomic E-state index is 0.142. The second-order valence-electron chi connectivity index (χ2n) is 7.27.